The van der Waals surface area contributed by atoms with Gasteiger partial charge in [-0.1, -0.05) is 26.0 Å². The molecule has 2 aromatic rings. The predicted octanol–water partition coefficient (Wildman–Crippen LogP) is 3.56. The smallest absolute Gasteiger partial charge is 0.253 e. The first-order chi connectivity index (χ1) is 14.0. The molecule has 0 aliphatic carbocycles. The Morgan fingerprint density at radius 2 is 1.59 bits per heavy atom. The molecule has 0 atom stereocenters. The first-order valence-electron chi connectivity index (χ1n) is 10.1. The molecule has 0 aromatic heterocycles. The lowest BCUT2D eigenvalue weighted by Crippen LogP contribution is -2.49. The first kappa shape index (κ1) is 20.8. The highest BCUT2D eigenvalue weighted by Gasteiger charge is 2.23. The third-order valence-electron chi connectivity index (χ3n) is 5.16. The summed E-state index contributed by atoms with van der Waals surface area (Å²) in [5.41, 5.74) is 1.69. The number of nitrogens with one attached hydrogen (secondary N) is 1. The van der Waals surface area contributed by atoms with Gasteiger partial charge in [0, 0.05) is 43.9 Å². The first-order valence-corrected chi connectivity index (χ1v) is 10.1. The van der Waals surface area contributed by atoms with Crippen LogP contribution < -0.4 is 10.2 Å². The quantitative estimate of drug-likeness (QED) is 0.811. The Morgan fingerprint density at radius 1 is 0.966 bits per heavy atom. The van der Waals surface area contributed by atoms with Crippen LogP contribution in [0.4, 0.5) is 10.1 Å². The van der Waals surface area contributed by atoms with Crippen molar-refractivity contribution in [2.75, 3.05) is 37.6 Å². The molecule has 6 heteroatoms. The number of carbonyl (C=O) groups is 2. The zero-order valence-corrected chi connectivity index (χ0v) is 17.0. The minimum atomic E-state index is -0.241. The van der Waals surface area contributed by atoms with E-state index in [9.17, 15) is 14.0 Å². The van der Waals surface area contributed by atoms with Gasteiger partial charge in [-0.25, -0.2) is 4.39 Å². The standard InChI is InChI=1S/C23H28FN3O2/c1-17(2)11-12-25-22(28)18-7-9-19(10-8-18)23(29)27-15-13-26(14-16-27)21-6-4-3-5-20(21)24/h3-10,17H,11-16H2,1-2H3,(H,25,28). The van der Waals surface area contributed by atoms with E-state index in [2.05, 4.69) is 19.2 Å². The van der Waals surface area contributed by atoms with Crippen LogP contribution in [0.2, 0.25) is 0 Å². The number of amides is 2. The second-order valence-electron chi connectivity index (χ2n) is 7.75. The van der Waals surface area contributed by atoms with Gasteiger partial charge in [-0.2, -0.15) is 0 Å². The summed E-state index contributed by atoms with van der Waals surface area (Å²) in [6.45, 7) is 7.11. The van der Waals surface area contributed by atoms with E-state index >= 15 is 0 Å². The third-order valence-corrected chi connectivity index (χ3v) is 5.16. The molecule has 0 spiro atoms. The Hall–Kier alpha value is -2.89. The molecule has 0 saturated carbocycles. The number of halogens is 1. The minimum Gasteiger partial charge on any atom is -0.366 e. The van der Waals surface area contributed by atoms with Crippen LogP contribution >= 0.6 is 0 Å². The molecular formula is C23H28FN3O2. The summed E-state index contributed by atoms with van der Waals surface area (Å²) >= 11 is 0. The van der Waals surface area contributed by atoms with Crippen LogP contribution in [0.25, 0.3) is 0 Å². The Labute approximate surface area is 171 Å². The van der Waals surface area contributed by atoms with Crippen molar-refractivity contribution in [3.63, 3.8) is 0 Å². The molecule has 1 N–H and O–H groups in total. The molecule has 1 heterocycles. The van der Waals surface area contributed by atoms with E-state index in [0.717, 1.165) is 6.42 Å². The van der Waals surface area contributed by atoms with E-state index < -0.39 is 0 Å². The molecule has 1 saturated heterocycles. The van der Waals surface area contributed by atoms with Gasteiger partial charge in [-0.15, -0.1) is 0 Å². The van der Waals surface area contributed by atoms with Crippen LogP contribution in [0.1, 0.15) is 41.0 Å². The van der Waals surface area contributed by atoms with E-state index in [0.29, 0.717) is 55.5 Å². The van der Waals surface area contributed by atoms with E-state index in [4.69, 9.17) is 0 Å². The lowest BCUT2D eigenvalue weighted by atomic mass is 10.1. The Kier molecular flexibility index (Phi) is 6.86. The number of nitrogens with zero attached hydrogens (tertiary/aromatic N) is 2. The van der Waals surface area contributed by atoms with E-state index in [1.165, 1.54) is 6.07 Å². The molecule has 5 nitrogen and oxygen atoms in total. The van der Waals surface area contributed by atoms with Gasteiger partial charge >= 0.3 is 0 Å². The normalized spacial score (nSPS) is 14.2. The number of hydrogen-bond donors (Lipinski definition) is 1. The molecule has 1 fully saturated rings. The average molecular weight is 397 g/mol. The van der Waals surface area contributed by atoms with Gasteiger partial charge in [0.05, 0.1) is 5.69 Å². The van der Waals surface area contributed by atoms with Crippen molar-refractivity contribution in [3.05, 3.63) is 65.5 Å². The molecule has 1 aliphatic heterocycles. The van der Waals surface area contributed by atoms with Gasteiger partial charge in [-0.05, 0) is 48.7 Å². The van der Waals surface area contributed by atoms with Crippen LogP contribution in [-0.2, 0) is 0 Å². The van der Waals surface area contributed by atoms with Crippen molar-refractivity contribution in [1.29, 1.82) is 0 Å². The van der Waals surface area contributed by atoms with Crippen molar-refractivity contribution < 1.29 is 14.0 Å². The van der Waals surface area contributed by atoms with Crippen molar-refractivity contribution in [1.82, 2.24) is 10.2 Å². The molecule has 2 amide bonds. The Bertz CT molecular complexity index is 843. The second-order valence-corrected chi connectivity index (χ2v) is 7.75. The number of benzene rings is 2. The second kappa shape index (κ2) is 9.54. The summed E-state index contributed by atoms with van der Waals surface area (Å²) in [5, 5.41) is 2.90. The SMILES string of the molecule is CC(C)CCNC(=O)c1ccc(C(=O)N2CCN(c3ccccc3F)CC2)cc1. The van der Waals surface area contributed by atoms with E-state index in [1.54, 1.807) is 41.3 Å². The molecule has 1 aliphatic rings. The molecule has 2 aromatic carbocycles. The topological polar surface area (TPSA) is 52.7 Å². The number of hydrogen-bond acceptors (Lipinski definition) is 3. The van der Waals surface area contributed by atoms with Gasteiger partial charge in [0.25, 0.3) is 11.8 Å². The van der Waals surface area contributed by atoms with Crippen LogP contribution in [0.15, 0.2) is 48.5 Å². The fourth-order valence-electron chi connectivity index (χ4n) is 3.38. The minimum absolute atomic E-state index is 0.0649. The highest BCUT2D eigenvalue weighted by Crippen LogP contribution is 2.21. The molecule has 0 unspecified atom stereocenters. The number of anilines is 1. The summed E-state index contributed by atoms with van der Waals surface area (Å²) in [6, 6.07) is 13.5. The largest absolute Gasteiger partial charge is 0.366 e. The lowest BCUT2D eigenvalue weighted by Gasteiger charge is -2.36. The lowest BCUT2D eigenvalue weighted by molar-refractivity contribution is 0.0746. The van der Waals surface area contributed by atoms with Gasteiger partial charge in [0.1, 0.15) is 5.82 Å². The number of carbonyl (C=O) groups excluding carboxylic acids is 2. The number of piperazine rings is 1. The molecule has 154 valence electrons. The molecular weight excluding hydrogens is 369 g/mol. The van der Waals surface area contributed by atoms with Gasteiger partial charge < -0.3 is 15.1 Å². The zero-order valence-electron chi connectivity index (χ0n) is 17.0. The number of rotatable bonds is 6. The average Bonchev–Trinajstić information content (AvgIpc) is 2.73. The predicted molar refractivity (Wildman–Crippen MR) is 113 cm³/mol. The highest BCUT2D eigenvalue weighted by molar-refractivity contribution is 5.97. The van der Waals surface area contributed by atoms with Crippen LogP contribution in [0.3, 0.4) is 0 Å². The molecule has 0 bridgehead atoms. The fourth-order valence-corrected chi connectivity index (χ4v) is 3.38. The van der Waals surface area contributed by atoms with Crippen molar-refractivity contribution in [3.8, 4) is 0 Å². The van der Waals surface area contributed by atoms with Crippen LogP contribution in [-0.4, -0.2) is 49.4 Å². The van der Waals surface area contributed by atoms with Crippen molar-refractivity contribution in [2.45, 2.75) is 20.3 Å². The number of para-hydroxylation sites is 1. The van der Waals surface area contributed by atoms with Crippen molar-refractivity contribution in [2.24, 2.45) is 5.92 Å². The monoisotopic (exact) mass is 397 g/mol. The van der Waals surface area contributed by atoms with E-state index in [-0.39, 0.29) is 17.6 Å². The van der Waals surface area contributed by atoms with Gasteiger partial charge in [-0.3, -0.25) is 9.59 Å². The van der Waals surface area contributed by atoms with E-state index in [1.807, 2.05) is 11.0 Å². The zero-order chi connectivity index (χ0) is 20.8. The Balaban J connectivity index is 1.54. The van der Waals surface area contributed by atoms with Crippen molar-refractivity contribution >= 4 is 17.5 Å². The molecule has 0 radical (unpaired) electrons. The van der Waals surface area contributed by atoms with Crippen LogP contribution in [0, 0.1) is 11.7 Å². The van der Waals surface area contributed by atoms with Gasteiger partial charge in [0.15, 0.2) is 0 Å². The summed E-state index contributed by atoms with van der Waals surface area (Å²) in [6.07, 6.45) is 0.932. The maximum absolute atomic E-state index is 14.0. The fraction of sp³-hybridized carbons (Fsp3) is 0.391. The summed E-state index contributed by atoms with van der Waals surface area (Å²) in [4.78, 5) is 28.7. The van der Waals surface area contributed by atoms with Gasteiger partial charge in [0.2, 0.25) is 0 Å². The molecule has 29 heavy (non-hydrogen) atoms. The maximum Gasteiger partial charge on any atom is 0.253 e. The Morgan fingerprint density at radius 3 is 2.21 bits per heavy atom. The van der Waals surface area contributed by atoms with Crippen LogP contribution in [0.5, 0.6) is 0 Å². The summed E-state index contributed by atoms with van der Waals surface area (Å²) in [5.74, 6) is 0.108. The summed E-state index contributed by atoms with van der Waals surface area (Å²) < 4.78 is 14.0. The highest BCUT2D eigenvalue weighted by atomic mass is 19.1. The summed E-state index contributed by atoms with van der Waals surface area (Å²) in [7, 11) is 0. The third kappa shape index (κ3) is 5.34. The molecule has 3 rings (SSSR count). The maximum atomic E-state index is 14.0.